The second-order valence-corrected chi connectivity index (χ2v) is 11.7. The Bertz CT molecular complexity index is 1200. The van der Waals surface area contributed by atoms with E-state index in [-0.39, 0.29) is 31.1 Å². The SMILES string of the molecule is CC(C)CC(=O)O[C@@H]1OC=C(CO[C@@H]2O[C@H](CO)[C@@H](O)[C@H](O)[C@H]2O)[C@H]2C[C@H](OC(=O)/C=C\c3ccc(O)cc3)[C@](O)(CO)[C@@H]12. The van der Waals surface area contributed by atoms with Gasteiger partial charge in [0.05, 0.1) is 32.0 Å². The largest absolute Gasteiger partial charge is 0.508 e. The summed E-state index contributed by atoms with van der Waals surface area (Å²) in [5, 5.41) is 71.5. The molecule has 44 heavy (non-hydrogen) atoms. The van der Waals surface area contributed by atoms with Crippen LogP contribution in [0.25, 0.3) is 6.08 Å². The fraction of sp³-hybridized carbons (Fsp3) is 0.600. The van der Waals surface area contributed by atoms with E-state index in [1.54, 1.807) is 12.1 Å². The number of phenols is 1. The lowest BCUT2D eigenvalue weighted by molar-refractivity contribution is -0.299. The first kappa shape index (κ1) is 33.8. The molecule has 0 aromatic heterocycles. The highest BCUT2D eigenvalue weighted by molar-refractivity contribution is 5.87. The maximum atomic E-state index is 12.8. The van der Waals surface area contributed by atoms with E-state index in [1.165, 1.54) is 24.5 Å². The number of ether oxygens (including phenoxy) is 5. The van der Waals surface area contributed by atoms with Crippen molar-refractivity contribution in [1.82, 2.24) is 0 Å². The fourth-order valence-corrected chi connectivity index (χ4v) is 5.70. The van der Waals surface area contributed by atoms with Gasteiger partial charge in [-0.2, -0.15) is 0 Å². The molecule has 0 unspecified atom stereocenters. The van der Waals surface area contributed by atoms with Gasteiger partial charge in [-0.3, -0.25) is 4.79 Å². The standard InChI is InChI=1S/C30H40O14/c1-15(2)9-23(35)44-28-24-19(17(12-40-28)13-41-29-27(38)26(37)25(36)20(11-31)42-29)10-21(30(24,39)14-32)43-22(34)8-5-16-3-6-18(33)7-4-16/h3-8,12,15,19-21,24-29,31-33,36-39H,9-11,13-14H2,1-2H3/b8-5-/t19-,20-,21+,24-,25-,26+,27-,28+,29-,30-/m1/s1. The molecule has 4 rings (SSSR count). The quantitative estimate of drug-likeness (QED) is 0.120. The minimum Gasteiger partial charge on any atom is -0.508 e. The van der Waals surface area contributed by atoms with Crippen molar-refractivity contribution in [2.75, 3.05) is 19.8 Å². The number of phenolic OH excluding ortho intramolecular Hbond substituents is 1. The summed E-state index contributed by atoms with van der Waals surface area (Å²) in [6.45, 7) is 1.81. The Morgan fingerprint density at radius 3 is 2.39 bits per heavy atom. The number of benzene rings is 1. The Kier molecular flexibility index (Phi) is 11.0. The Balaban J connectivity index is 1.54. The summed E-state index contributed by atoms with van der Waals surface area (Å²) in [6.07, 6.45) is -6.33. The van der Waals surface area contributed by atoms with E-state index in [0.717, 1.165) is 6.08 Å². The summed E-state index contributed by atoms with van der Waals surface area (Å²) in [6, 6.07) is 6.04. The first-order valence-corrected chi connectivity index (χ1v) is 14.3. The number of rotatable bonds is 11. The number of aliphatic hydroxyl groups is 6. The van der Waals surface area contributed by atoms with Crippen LogP contribution in [-0.4, -0.2) is 116 Å². The van der Waals surface area contributed by atoms with Gasteiger partial charge in [-0.1, -0.05) is 26.0 Å². The van der Waals surface area contributed by atoms with Crippen molar-refractivity contribution < 1.29 is 69.0 Å². The van der Waals surface area contributed by atoms with Crippen LogP contribution in [0.3, 0.4) is 0 Å². The van der Waals surface area contributed by atoms with E-state index < -0.39 is 85.7 Å². The summed E-state index contributed by atoms with van der Waals surface area (Å²) >= 11 is 0. The number of esters is 2. The van der Waals surface area contributed by atoms with Gasteiger partial charge in [0.1, 0.15) is 41.9 Å². The van der Waals surface area contributed by atoms with Gasteiger partial charge in [0, 0.05) is 18.4 Å². The van der Waals surface area contributed by atoms with Gasteiger partial charge < -0.3 is 59.4 Å². The van der Waals surface area contributed by atoms with Gasteiger partial charge in [-0.15, -0.1) is 0 Å². The lowest BCUT2D eigenvalue weighted by Crippen LogP contribution is -2.59. The molecule has 1 aromatic rings. The average molecular weight is 625 g/mol. The van der Waals surface area contributed by atoms with E-state index in [9.17, 15) is 45.3 Å². The normalized spacial score (nSPS) is 35.2. The topological polar surface area (TPSA) is 222 Å². The highest BCUT2D eigenvalue weighted by Gasteiger charge is 2.62. The Morgan fingerprint density at radius 2 is 1.75 bits per heavy atom. The number of hydrogen-bond donors (Lipinski definition) is 7. The zero-order valence-corrected chi connectivity index (χ0v) is 24.3. The summed E-state index contributed by atoms with van der Waals surface area (Å²) in [5.74, 6) is -3.24. The van der Waals surface area contributed by atoms with Crippen molar-refractivity contribution in [2.24, 2.45) is 17.8 Å². The lowest BCUT2D eigenvalue weighted by Gasteiger charge is -2.41. The minimum atomic E-state index is -2.11. The average Bonchev–Trinajstić information content (AvgIpc) is 3.28. The second-order valence-electron chi connectivity index (χ2n) is 11.7. The molecule has 1 saturated carbocycles. The predicted octanol–water partition coefficient (Wildman–Crippen LogP) is -0.677. The van der Waals surface area contributed by atoms with E-state index in [2.05, 4.69) is 0 Å². The summed E-state index contributed by atoms with van der Waals surface area (Å²) in [4.78, 5) is 25.3. The van der Waals surface area contributed by atoms with Gasteiger partial charge >= 0.3 is 11.9 Å². The third-order valence-electron chi connectivity index (χ3n) is 8.06. The molecule has 2 heterocycles. The zero-order chi connectivity index (χ0) is 32.2. The minimum absolute atomic E-state index is 0.0331. The Morgan fingerprint density at radius 1 is 1.05 bits per heavy atom. The van der Waals surface area contributed by atoms with Crippen LogP contribution >= 0.6 is 0 Å². The van der Waals surface area contributed by atoms with Crippen molar-refractivity contribution in [3.63, 3.8) is 0 Å². The van der Waals surface area contributed by atoms with E-state index >= 15 is 0 Å². The molecule has 0 bridgehead atoms. The molecule has 0 spiro atoms. The summed E-state index contributed by atoms with van der Waals surface area (Å²) < 4.78 is 27.9. The number of hydrogen-bond acceptors (Lipinski definition) is 14. The van der Waals surface area contributed by atoms with Crippen LogP contribution in [0.15, 0.2) is 42.2 Å². The van der Waals surface area contributed by atoms with E-state index in [4.69, 9.17) is 23.7 Å². The van der Waals surface area contributed by atoms with Gasteiger partial charge in [0.15, 0.2) is 6.29 Å². The number of carbonyl (C=O) groups is 2. The molecule has 10 atom stereocenters. The van der Waals surface area contributed by atoms with Crippen molar-refractivity contribution in [1.29, 1.82) is 0 Å². The second kappa shape index (κ2) is 14.3. The predicted molar refractivity (Wildman–Crippen MR) is 149 cm³/mol. The molecule has 0 amide bonds. The van der Waals surface area contributed by atoms with Gasteiger partial charge in [0.25, 0.3) is 0 Å². The van der Waals surface area contributed by atoms with E-state index in [0.29, 0.717) is 11.1 Å². The van der Waals surface area contributed by atoms with Crippen LogP contribution in [0, 0.1) is 17.8 Å². The van der Waals surface area contributed by atoms with Crippen LogP contribution in [-0.2, 0) is 33.3 Å². The zero-order valence-electron chi connectivity index (χ0n) is 24.3. The molecule has 244 valence electrons. The monoisotopic (exact) mass is 624 g/mol. The molecule has 14 heteroatoms. The number of aromatic hydroxyl groups is 1. The summed E-state index contributed by atoms with van der Waals surface area (Å²) in [5.41, 5.74) is -1.15. The van der Waals surface area contributed by atoms with Crippen molar-refractivity contribution in [2.45, 2.75) is 75.4 Å². The molecule has 14 nitrogen and oxygen atoms in total. The highest BCUT2D eigenvalue weighted by Crippen LogP contribution is 2.50. The van der Waals surface area contributed by atoms with Crippen LogP contribution in [0.2, 0.25) is 0 Å². The molecule has 1 saturated heterocycles. The maximum absolute atomic E-state index is 12.8. The molecule has 7 N–H and O–H groups in total. The first-order valence-electron chi connectivity index (χ1n) is 14.3. The third-order valence-corrected chi connectivity index (χ3v) is 8.06. The molecule has 2 fully saturated rings. The van der Waals surface area contributed by atoms with Gasteiger partial charge in [-0.05, 0) is 41.7 Å². The Labute approximate surface area is 253 Å². The van der Waals surface area contributed by atoms with Gasteiger partial charge in [0.2, 0.25) is 6.29 Å². The van der Waals surface area contributed by atoms with Crippen molar-refractivity contribution >= 4 is 18.0 Å². The van der Waals surface area contributed by atoms with E-state index in [1.807, 2.05) is 13.8 Å². The maximum Gasteiger partial charge on any atom is 0.331 e. The van der Waals surface area contributed by atoms with Crippen molar-refractivity contribution in [3.8, 4) is 5.75 Å². The van der Waals surface area contributed by atoms with Crippen LogP contribution in [0.1, 0.15) is 32.3 Å². The lowest BCUT2D eigenvalue weighted by atomic mass is 9.80. The molecular formula is C30H40O14. The fourth-order valence-electron chi connectivity index (χ4n) is 5.70. The number of carbonyl (C=O) groups excluding carboxylic acids is 2. The number of aliphatic hydroxyl groups excluding tert-OH is 5. The van der Waals surface area contributed by atoms with Crippen LogP contribution in [0.4, 0.5) is 0 Å². The van der Waals surface area contributed by atoms with Crippen LogP contribution in [0.5, 0.6) is 5.75 Å². The Hall–Kier alpha value is -3.08. The molecule has 1 aliphatic carbocycles. The number of fused-ring (bicyclic) bond motifs is 1. The van der Waals surface area contributed by atoms with Gasteiger partial charge in [-0.25, -0.2) is 4.79 Å². The van der Waals surface area contributed by atoms with Crippen LogP contribution < -0.4 is 0 Å². The molecule has 3 aliphatic rings. The first-order chi connectivity index (χ1) is 20.9. The molecule has 0 radical (unpaired) electrons. The summed E-state index contributed by atoms with van der Waals surface area (Å²) in [7, 11) is 0. The molecule has 1 aromatic carbocycles. The smallest absolute Gasteiger partial charge is 0.331 e. The molecular weight excluding hydrogens is 584 g/mol. The molecule has 2 aliphatic heterocycles. The van der Waals surface area contributed by atoms with Crippen molar-refractivity contribution in [3.05, 3.63) is 47.7 Å². The third kappa shape index (κ3) is 7.41. The highest BCUT2D eigenvalue weighted by atomic mass is 16.7.